The third kappa shape index (κ3) is 5.10. The van der Waals surface area contributed by atoms with Gasteiger partial charge in [0.15, 0.2) is 0 Å². The zero-order valence-corrected chi connectivity index (χ0v) is 14.6. The van der Waals surface area contributed by atoms with Gasteiger partial charge in [-0.3, -0.25) is 5.32 Å². The highest BCUT2D eigenvalue weighted by molar-refractivity contribution is 7.14. The van der Waals surface area contributed by atoms with Crippen molar-refractivity contribution in [1.82, 2.24) is 10.3 Å². The minimum atomic E-state index is -4.40. The first-order chi connectivity index (χ1) is 12.4. The molecule has 2 aromatic heterocycles. The summed E-state index contributed by atoms with van der Waals surface area (Å²) >= 11 is 1.45. The molecular formula is C17H18F3N3O2S. The van der Waals surface area contributed by atoms with Gasteiger partial charge in [0.05, 0.1) is 10.6 Å². The van der Waals surface area contributed by atoms with Gasteiger partial charge in [-0.15, -0.1) is 11.3 Å². The van der Waals surface area contributed by atoms with Crippen LogP contribution in [-0.2, 0) is 6.18 Å². The van der Waals surface area contributed by atoms with Crippen molar-refractivity contribution < 1.29 is 22.7 Å². The molecule has 3 rings (SSSR count). The van der Waals surface area contributed by atoms with Crippen molar-refractivity contribution in [3.8, 4) is 5.88 Å². The number of hydrogen-bond donors (Lipinski definition) is 2. The summed E-state index contributed by atoms with van der Waals surface area (Å²) in [6, 6.07) is 5.70. The zero-order chi connectivity index (χ0) is 18.6. The lowest BCUT2D eigenvalue weighted by Gasteiger charge is -2.29. The number of carbonyl (C=O) groups is 1. The van der Waals surface area contributed by atoms with E-state index in [0.717, 1.165) is 30.1 Å². The molecule has 0 radical (unpaired) electrons. The molecule has 2 amide bonds. The molecule has 2 aromatic rings. The van der Waals surface area contributed by atoms with E-state index < -0.39 is 11.7 Å². The summed E-state index contributed by atoms with van der Waals surface area (Å²) in [7, 11) is 0. The Morgan fingerprint density at radius 2 is 1.96 bits per heavy atom. The Balaban J connectivity index is 1.43. The fraction of sp³-hybridized carbons (Fsp3) is 0.412. The highest BCUT2D eigenvalue weighted by Gasteiger charge is 2.31. The Kier molecular flexibility index (Phi) is 5.65. The Morgan fingerprint density at radius 1 is 1.19 bits per heavy atom. The Bertz CT molecular complexity index is 712. The van der Waals surface area contributed by atoms with Crippen molar-refractivity contribution in [3.63, 3.8) is 0 Å². The molecule has 0 spiro atoms. The van der Waals surface area contributed by atoms with Crippen LogP contribution in [0.25, 0.3) is 0 Å². The van der Waals surface area contributed by atoms with Crippen molar-refractivity contribution in [3.05, 3.63) is 41.4 Å². The summed E-state index contributed by atoms with van der Waals surface area (Å²) in [5.74, 6) is 0.185. The van der Waals surface area contributed by atoms with Crippen LogP contribution in [0.5, 0.6) is 5.88 Å². The number of thiophene rings is 1. The monoisotopic (exact) mass is 385 g/mol. The smallest absolute Gasteiger partial charge is 0.417 e. The maximum Gasteiger partial charge on any atom is 0.417 e. The molecule has 5 nitrogen and oxygen atoms in total. The second-order valence-corrected chi connectivity index (χ2v) is 7.00. The number of pyridine rings is 1. The van der Waals surface area contributed by atoms with Gasteiger partial charge in [-0.25, -0.2) is 9.78 Å². The van der Waals surface area contributed by atoms with E-state index in [-0.39, 0.29) is 24.1 Å². The molecule has 0 aliphatic heterocycles. The first kappa shape index (κ1) is 18.5. The molecule has 2 heterocycles. The van der Waals surface area contributed by atoms with E-state index in [0.29, 0.717) is 12.8 Å². The van der Waals surface area contributed by atoms with Gasteiger partial charge < -0.3 is 10.1 Å². The van der Waals surface area contributed by atoms with Gasteiger partial charge in [-0.1, -0.05) is 0 Å². The first-order valence-corrected chi connectivity index (χ1v) is 9.09. The van der Waals surface area contributed by atoms with Crippen LogP contribution in [0, 0.1) is 0 Å². The van der Waals surface area contributed by atoms with Crippen LogP contribution in [-0.4, -0.2) is 23.2 Å². The third-order valence-corrected chi connectivity index (χ3v) is 4.90. The molecule has 0 aromatic carbocycles. The first-order valence-electron chi connectivity index (χ1n) is 8.21. The number of aromatic nitrogens is 1. The number of rotatable bonds is 4. The second kappa shape index (κ2) is 7.94. The molecule has 2 N–H and O–H groups in total. The van der Waals surface area contributed by atoms with E-state index in [9.17, 15) is 18.0 Å². The quantitative estimate of drug-likeness (QED) is 0.804. The topological polar surface area (TPSA) is 63.2 Å². The van der Waals surface area contributed by atoms with Crippen molar-refractivity contribution in [2.24, 2.45) is 0 Å². The van der Waals surface area contributed by atoms with Gasteiger partial charge in [-0.2, -0.15) is 13.2 Å². The average molecular weight is 385 g/mol. The van der Waals surface area contributed by atoms with Gasteiger partial charge in [0.25, 0.3) is 0 Å². The fourth-order valence-corrected chi connectivity index (χ4v) is 3.41. The van der Waals surface area contributed by atoms with Crippen LogP contribution in [0.3, 0.4) is 0 Å². The molecule has 140 valence electrons. The summed E-state index contributed by atoms with van der Waals surface area (Å²) in [5.41, 5.74) is -0.797. The number of hydrogen-bond acceptors (Lipinski definition) is 4. The molecule has 0 atom stereocenters. The van der Waals surface area contributed by atoms with Crippen molar-refractivity contribution in [2.45, 2.75) is 44.0 Å². The van der Waals surface area contributed by atoms with Crippen LogP contribution in [0.4, 0.5) is 23.0 Å². The average Bonchev–Trinajstić information content (AvgIpc) is 3.09. The van der Waals surface area contributed by atoms with E-state index in [1.54, 1.807) is 0 Å². The van der Waals surface area contributed by atoms with Gasteiger partial charge in [-0.05, 0) is 49.3 Å². The Labute approximate surface area is 152 Å². The lowest BCUT2D eigenvalue weighted by Crippen LogP contribution is -2.41. The van der Waals surface area contributed by atoms with E-state index in [1.165, 1.54) is 17.4 Å². The van der Waals surface area contributed by atoms with Crippen molar-refractivity contribution in [1.29, 1.82) is 0 Å². The van der Waals surface area contributed by atoms with Crippen molar-refractivity contribution in [2.75, 3.05) is 5.32 Å². The van der Waals surface area contributed by atoms with Gasteiger partial charge in [0, 0.05) is 18.3 Å². The Hall–Kier alpha value is -2.29. The van der Waals surface area contributed by atoms with E-state index in [1.807, 2.05) is 17.5 Å². The summed E-state index contributed by atoms with van der Waals surface area (Å²) in [4.78, 5) is 15.6. The summed E-state index contributed by atoms with van der Waals surface area (Å²) in [6.07, 6.45) is -0.861. The Morgan fingerprint density at radius 3 is 2.54 bits per heavy atom. The predicted molar refractivity (Wildman–Crippen MR) is 92.4 cm³/mol. The maximum absolute atomic E-state index is 12.5. The fourth-order valence-electron chi connectivity index (χ4n) is 2.80. The number of nitrogens with one attached hydrogen (secondary N) is 2. The molecular weight excluding hydrogens is 367 g/mol. The number of alkyl halides is 3. The van der Waals surface area contributed by atoms with E-state index in [2.05, 4.69) is 15.6 Å². The molecule has 1 aliphatic carbocycles. The summed E-state index contributed by atoms with van der Waals surface area (Å²) in [5, 5.41) is 8.37. The lowest BCUT2D eigenvalue weighted by atomic mass is 9.93. The molecule has 9 heteroatoms. The number of urea groups is 1. The molecule has 0 bridgehead atoms. The normalized spacial score (nSPS) is 20.4. The highest BCUT2D eigenvalue weighted by atomic mass is 32.1. The van der Waals surface area contributed by atoms with Crippen LogP contribution < -0.4 is 15.4 Å². The van der Waals surface area contributed by atoms with Gasteiger partial charge in [0.2, 0.25) is 5.88 Å². The maximum atomic E-state index is 12.5. The molecule has 0 unspecified atom stereocenters. The standard InChI is InChI=1S/C17H18F3N3O2S/c18-17(19,20)11-3-8-14(21-10-11)25-13-6-4-12(5-7-13)22-16(24)23-15-2-1-9-26-15/h1-3,8-10,12-13H,4-7H2,(H2,22,23,24). The van der Waals surface area contributed by atoms with Crippen molar-refractivity contribution >= 4 is 22.4 Å². The number of halogens is 3. The molecule has 1 aliphatic rings. The van der Waals surface area contributed by atoms with Crippen LogP contribution in [0.1, 0.15) is 31.2 Å². The molecule has 26 heavy (non-hydrogen) atoms. The largest absolute Gasteiger partial charge is 0.474 e. The number of anilines is 1. The molecule has 1 saturated carbocycles. The third-order valence-electron chi connectivity index (χ3n) is 4.12. The lowest BCUT2D eigenvalue weighted by molar-refractivity contribution is -0.137. The predicted octanol–water partition coefficient (Wildman–Crippen LogP) is 4.67. The van der Waals surface area contributed by atoms with Crippen LogP contribution in [0.2, 0.25) is 0 Å². The van der Waals surface area contributed by atoms with E-state index >= 15 is 0 Å². The van der Waals surface area contributed by atoms with Gasteiger partial charge >= 0.3 is 12.2 Å². The SMILES string of the molecule is O=C(Nc1cccs1)NC1CCC(Oc2ccc(C(F)(F)F)cn2)CC1. The van der Waals surface area contributed by atoms with Crippen LogP contribution in [0.15, 0.2) is 35.8 Å². The molecule has 0 saturated heterocycles. The number of amides is 2. The number of ether oxygens (including phenoxy) is 1. The molecule has 1 fully saturated rings. The second-order valence-electron chi connectivity index (χ2n) is 6.05. The minimum absolute atomic E-state index is 0.0513. The number of carbonyl (C=O) groups excluding carboxylic acids is 1. The van der Waals surface area contributed by atoms with E-state index in [4.69, 9.17) is 4.74 Å². The highest BCUT2D eigenvalue weighted by Crippen LogP contribution is 2.30. The number of nitrogens with zero attached hydrogens (tertiary/aromatic N) is 1. The van der Waals surface area contributed by atoms with Gasteiger partial charge in [0.1, 0.15) is 6.10 Å². The van der Waals surface area contributed by atoms with Crippen LogP contribution >= 0.6 is 11.3 Å². The summed E-state index contributed by atoms with van der Waals surface area (Å²) < 4.78 is 43.2. The minimum Gasteiger partial charge on any atom is -0.474 e. The zero-order valence-electron chi connectivity index (χ0n) is 13.8. The summed E-state index contributed by atoms with van der Waals surface area (Å²) in [6.45, 7) is 0.